The molecule has 0 bridgehead atoms. The van der Waals surface area contributed by atoms with E-state index in [1.165, 1.54) is 0 Å². The zero-order valence-corrected chi connectivity index (χ0v) is 16.0. The van der Waals surface area contributed by atoms with Gasteiger partial charge in [-0.25, -0.2) is 0 Å². The lowest BCUT2D eigenvalue weighted by molar-refractivity contribution is -0.459. The maximum atomic E-state index is 13.6. The highest BCUT2D eigenvalue weighted by molar-refractivity contribution is 7.15. The molecule has 198 valence electrons. The van der Waals surface area contributed by atoms with Gasteiger partial charge in [0.15, 0.2) is 0 Å². The van der Waals surface area contributed by atoms with Crippen molar-refractivity contribution in [3.8, 4) is 0 Å². The first-order valence-electron chi connectivity index (χ1n) is 7.47. The number of rotatable bonds is 8. The average molecular weight is 561 g/mol. The van der Waals surface area contributed by atoms with Crippen molar-refractivity contribution in [1.82, 2.24) is 10.2 Å². The van der Waals surface area contributed by atoms with Gasteiger partial charge in [-0.15, -0.1) is 10.2 Å². The number of aryl methyl sites for hydroxylation is 1. The average Bonchev–Trinajstić information content (AvgIpc) is 3.04. The van der Waals surface area contributed by atoms with Crippen molar-refractivity contribution in [2.45, 2.75) is 54.6 Å². The van der Waals surface area contributed by atoms with Crippen LogP contribution in [0.3, 0.4) is 0 Å². The van der Waals surface area contributed by atoms with Gasteiger partial charge in [0, 0.05) is 0 Å². The molecule has 1 rings (SSSR count). The fourth-order valence-corrected chi connectivity index (χ4v) is 2.42. The molecule has 1 N–H and O–H groups in total. The van der Waals surface area contributed by atoms with Gasteiger partial charge in [-0.05, 0) is 6.92 Å². The van der Waals surface area contributed by atoms with Crippen molar-refractivity contribution in [1.29, 1.82) is 0 Å². The fraction of sp³-hybridized carbons (Fsp3) is 0.750. The van der Waals surface area contributed by atoms with E-state index in [9.17, 15) is 79.4 Å². The van der Waals surface area contributed by atoms with Gasteiger partial charge >= 0.3 is 53.5 Å². The third kappa shape index (κ3) is 3.89. The molecule has 0 spiro atoms. The van der Waals surface area contributed by atoms with E-state index >= 15 is 0 Å². The molecule has 0 aliphatic carbocycles. The van der Waals surface area contributed by atoms with Crippen molar-refractivity contribution in [3.05, 3.63) is 5.01 Å². The molecule has 0 aliphatic rings. The summed E-state index contributed by atoms with van der Waals surface area (Å²) in [5, 5.41) is 5.08. The lowest BCUT2D eigenvalue weighted by Crippen LogP contribution is -2.75. The molecule has 1 heterocycles. The standard InChI is InChI=1S/C12H4F17N3OS/c1-2-31-32-4(34-2)30-3(33)5(13,14)6(15,16)7(17,18)8(19,20)9(21,22)10(23,24)11(25,26)12(27,28)29/h1H3,(H,30,32,33). The smallest absolute Gasteiger partial charge is 0.295 e. The Hall–Kier alpha value is -2.16. The molecule has 0 atom stereocenters. The number of carbonyl (C=O) groups excluding carboxylic acids is 1. The Kier molecular flexibility index (Phi) is 6.97. The quantitative estimate of drug-likeness (QED) is 0.409. The summed E-state index contributed by atoms with van der Waals surface area (Å²) in [5.74, 6) is -61.9. The summed E-state index contributed by atoms with van der Waals surface area (Å²) < 4.78 is 223. The second-order valence-electron chi connectivity index (χ2n) is 6.10. The van der Waals surface area contributed by atoms with E-state index in [1.807, 2.05) is 0 Å². The zero-order chi connectivity index (χ0) is 27.6. The van der Waals surface area contributed by atoms with Gasteiger partial charge in [0.2, 0.25) is 5.13 Å². The molecule has 0 saturated heterocycles. The van der Waals surface area contributed by atoms with E-state index in [1.54, 1.807) is 0 Å². The molecule has 0 unspecified atom stereocenters. The van der Waals surface area contributed by atoms with E-state index in [2.05, 4.69) is 10.2 Å². The number of hydrogen-bond acceptors (Lipinski definition) is 4. The minimum Gasteiger partial charge on any atom is -0.295 e. The maximum absolute atomic E-state index is 13.6. The zero-order valence-electron chi connectivity index (χ0n) is 15.1. The number of alkyl halides is 17. The van der Waals surface area contributed by atoms with E-state index in [0.29, 0.717) is 5.32 Å². The molecule has 1 amide bonds. The number of aromatic nitrogens is 2. The first-order valence-corrected chi connectivity index (χ1v) is 8.29. The van der Waals surface area contributed by atoms with Gasteiger partial charge in [0.25, 0.3) is 0 Å². The summed E-state index contributed by atoms with van der Waals surface area (Å²) in [4.78, 5) is 11.2. The monoisotopic (exact) mass is 561 g/mol. The first-order chi connectivity index (χ1) is 14.6. The Labute approximate surface area is 178 Å². The maximum Gasteiger partial charge on any atom is 0.460 e. The van der Waals surface area contributed by atoms with Crippen LogP contribution < -0.4 is 5.32 Å². The number of nitrogens with one attached hydrogen (secondary N) is 1. The summed E-state index contributed by atoms with van der Waals surface area (Å²) in [6.07, 6.45) is -7.84. The molecule has 0 fully saturated rings. The number of carbonyl (C=O) groups is 1. The molecule has 1 aromatic rings. The third-order valence-corrected chi connectivity index (χ3v) is 4.51. The van der Waals surface area contributed by atoms with Gasteiger partial charge in [-0.1, -0.05) is 11.3 Å². The van der Waals surface area contributed by atoms with Crippen LogP contribution in [0.15, 0.2) is 0 Å². The Morgan fingerprint density at radius 2 is 0.971 bits per heavy atom. The van der Waals surface area contributed by atoms with Crippen LogP contribution in [0.25, 0.3) is 0 Å². The summed E-state index contributed by atoms with van der Waals surface area (Å²) in [6.45, 7) is 1.05. The molecule has 1 aromatic heterocycles. The lowest BCUT2D eigenvalue weighted by atomic mass is 9.89. The molecule has 0 aliphatic heterocycles. The highest BCUT2D eigenvalue weighted by atomic mass is 32.1. The van der Waals surface area contributed by atoms with Gasteiger partial charge in [0.1, 0.15) is 5.01 Å². The van der Waals surface area contributed by atoms with Gasteiger partial charge < -0.3 is 0 Å². The molecule has 0 saturated carbocycles. The summed E-state index contributed by atoms with van der Waals surface area (Å²) in [7, 11) is 0. The summed E-state index contributed by atoms with van der Waals surface area (Å²) in [5.41, 5.74) is 0. The third-order valence-electron chi connectivity index (χ3n) is 3.75. The van der Waals surface area contributed by atoms with Gasteiger partial charge in [-0.3, -0.25) is 10.1 Å². The topological polar surface area (TPSA) is 54.9 Å². The van der Waals surface area contributed by atoms with E-state index in [4.69, 9.17) is 0 Å². The highest BCUT2D eigenvalue weighted by Gasteiger charge is 2.95. The van der Waals surface area contributed by atoms with Crippen LogP contribution in [-0.4, -0.2) is 63.7 Å². The Morgan fingerprint density at radius 3 is 1.29 bits per heavy atom. The van der Waals surface area contributed by atoms with Crippen LogP contribution >= 0.6 is 11.3 Å². The molecule has 0 radical (unpaired) electrons. The number of hydrogen-bond donors (Lipinski definition) is 1. The van der Waals surface area contributed by atoms with Crippen LogP contribution in [-0.2, 0) is 4.79 Å². The van der Waals surface area contributed by atoms with Crippen molar-refractivity contribution in [2.24, 2.45) is 0 Å². The van der Waals surface area contributed by atoms with Crippen molar-refractivity contribution in [3.63, 3.8) is 0 Å². The molecule has 4 nitrogen and oxygen atoms in total. The van der Waals surface area contributed by atoms with Gasteiger partial charge in [-0.2, -0.15) is 74.6 Å². The number of nitrogens with zero attached hydrogens (tertiary/aromatic N) is 2. The van der Waals surface area contributed by atoms with Gasteiger partial charge in [0.05, 0.1) is 0 Å². The van der Waals surface area contributed by atoms with Crippen molar-refractivity contribution < 1.29 is 79.4 Å². The van der Waals surface area contributed by atoms with Crippen LogP contribution in [0, 0.1) is 6.92 Å². The normalized spacial score (nSPS) is 15.5. The summed E-state index contributed by atoms with van der Waals surface area (Å²) in [6, 6.07) is 0. The minimum atomic E-state index is -8.76. The molecule has 0 aromatic carbocycles. The lowest BCUT2D eigenvalue weighted by Gasteiger charge is -2.42. The highest BCUT2D eigenvalue weighted by Crippen LogP contribution is 2.63. The second kappa shape index (κ2) is 7.93. The molecular formula is C12H4F17N3OS. The van der Waals surface area contributed by atoms with Crippen LogP contribution in [0.4, 0.5) is 79.8 Å². The van der Waals surface area contributed by atoms with Crippen LogP contribution in [0.1, 0.15) is 5.01 Å². The van der Waals surface area contributed by atoms with Crippen LogP contribution in [0.2, 0.25) is 0 Å². The predicted molar refractivity (Wildman–Crippen MR) is 74.0 cm³/mol. The molecule has 34 heavy (non-hydrogen) atoms. The first kappa shape index (κ1) is 29.9. The Morgan fingerprint density at radius 1 is 0.618 bits per heavy atom. The number of amides is 1. The predicted octanol–water partition coefficient (Wildman–Crippen LogP) is 5.79. The largest absolute Gasteiger partial charge is 0.460 e. The Balaban J connectivity index is 3.57. The fourth-order valence-electron chi connectivity index (χ4n) is 1.83. The van der Waals surface area contributed by atoms with E-state index in [0.717, 1.165) is 6.92 Å². The van der Waals surface area contributed by atoms with E-state index < -0.39 is 58.7 Å². The second-order valence-corrected chi connectivity index (χ2v) is 7.28. The molecular weight excluding hydrogens is 557 g/mol. The number of halogens is 17. The molecule has 22 heteroatoms. The number of anilines is 1. The van der Waals surface area contributed by atoms with Crippen molar-refractivity contribution >= 4 is 22.4 Å². The van der Waals surface area contributed by atoms with Crippen molar-refractivity contribution in [2.75, 3.05) is 5.32 Å². The van der Waals surface area contributed by atoms with Crippen LogP contribution in [0.5, 0.6) is 0 Å². The minimum absolute atomic E-state index is 0.0914. The van der Waals surface area contributed by atoms with E-state index in [-0.39, 0.29) is 16.3 Å². The Bertz CT molecular complexity index is 921. The summed E-state index contributed by atoms with van der Waals surface area (Å²) >= 11 is 0.0914. The SMILES string of the molecule is Cc1nnc(NC(=O)C(F)(F)C(F)(F)C(F)(F)C(F)(F)C(F)(F)C(F)(F)C(F)(F)C(F)(F)F)s1.